The topological polar surface area (TPSA) is 37.3 Å². The molecule has 0 aliphatic heterocycles. The number of Topliss-reactive ketones (excluding diaryl/α,β-unsaturated/α-hetero) is 1. The molecule has 0 heterocycles. The summed E-state index contributed by atoms with van der Waals surface area (Å²) in [7, 11) is 0. The first kappa shape index (κ1) is 25.8. The van der Waals surface area contributed by atoms with Crippen LogP contribution in [0.1, 0.15) is 65.2 Å². The van der Waals surface area contributed by atoms with Crippen LogP contribution in [-0.2, 0) is 4.79 Å². The number of aliphatic hydroxyl groups is 1. The molecule has 1 N–H and O–H groups in total. The maximum atomic E-state index is 14.7. The van der Waals surface area contributed by atoms with Crippen molar-refractivity contribution in [3.05, 3.63) is 11.6 Å². The summed E-state index contributed by atoms with van der Waals surface area (Å²) in [6, 6.07) is 0. The summed E-state index contributed by atoms with van der Waals surface area (Å²) in [4.78, 5) is 12.5. The van der Waals surface area contributed by atoms with Gasteiger partial charge in [0.2, 0.25) is 0 Å². The van der Waals surface area contributed by atoms with Gasteiger partial charge in [0.15, 0.2) is 0 Å². The second-order valence-corrected chi connectivity index (χ2v) is 11.1. The fourth-order valence-corrected chi connectivity index (χ4v) is 7.35. The van der Waals surface area contributed by atoms with Crippen LogP contribution in [0.25, 0.3) is 0 Å². The van der Waals surface area contributed by atoms with Gasteiger partial charge in [-0.2, -0.15) is 39.5 Å². The van der Waals surface area contributed by atoms with E-state index in [-0.39, 0.29) is 35.5 Å². The number of carbonyl (C=O) groups is 1. The lowest BCUT2D eigenvalue weighted by atomic mass is 9.47. The third-order valence-corrected chi connectivity index (χ3v) is 9.60. The number of hydrogen-bond donors (Lipinski definition) is 1. The van der Waals surface area contributed by atoms with Gasteiger partial charge in [-0.15, -0.1) is 0 Å². The predicted octanol–water partition coefficient (Wildman–Crippen LogP) is 6.72. The Hall–Kier alpha value is -1.26. The summed E-state index contributed by atoms with van der Waals surface area (Å²) >= 11 is 0. The summed E-state index contributed by atoms with van der Waals surface area (Å²) in [5.74, 6) is -19.7. The number of hydrogen-bond acceptors (Lipinski definition) is 2. The smallest absolute Gasteiger partial charge is 0.383 e. The molecule has 0 radical (unpaired) electrons. The van der Waals surface area contributed by atoms with Gasteiger partial charge in [-0.1, -0.05) is 25.5 Å². The van der Waals surface area contributed by atoms with Crippen molar-refractivity contribution in [1.82, 2.24) is 0 Å². The zero-order valence-corrected chi connectivity index (χ0v) is 18.7. The van der Waals surface area contributed by atoms with Crippen LogP contribution >= 0.6 is 0 Å². The molecule has 4 aliphatic rings. The lowest BCUT2D eigenvalue weighted by molar-refractivity contribution is -0.418. The summed E-state index contributed by atoms with van der Waals surface area (Å²) in [5, 5.41) is 10.5. The Morgan fingerprint density at radius 2 is 1.44 bits per heavy atom. The van der Waals surface area contributed by atoms with Crippen LogP contribution < -0.4 is 0 Å². The second-order valence-electron chi connectivity index (χ2n) is 11.1. The van der Waals surface area contributed by atoms with Gasteiger partial charge in [-0.3, -0.25) is 4.79 Å². The van der Waals surface area contributed by atoms with Crippen molar-refractivity contribution in [2.75, 3.05) is 0 Å². The molecular weight excluding hydrogens is 479 g/mol. The van der Waals surface area contributed by atoms with E-state index in [1.54, 1.807) is 6.92 Å². The average molecular weight is 506 g/mol. The maximum Gasteiger partial charge on any atom is 0.460 e. The van der Waals surface area contributed by atoms with Crippen LogP contribution in [0.3, 0.4) is 0 Å². The van der Waals surface area contributed by atoms with E-state index in [0.717, 1.165) is 0 Å². The number of rotatable bonds is 3. The third-order valence-electron chi connectivity index (χ3n) is 9.60. The minimum Gasteiger partial charge on any atom is -0.383 e. The number of allylic oxidation sites excluding steroid dienone is 1. The SMILES string of the molecule is C[C@]12CC[C@@](O)(C(F)(F)C(F)(F)C(F)(F)C(F)(F)F)CC1=CC[C@@H]1[C@@H]2CC[C@]2(C)C(=O)CC[C@@H]12. The molecule has 4 aliphatic carbocycles. The van der Waals surface area contributed by atoms with Crippen molar-refractivity contribution >= 4 is 5.78 Å². The van der Waals surface area contributed by atoms with E-state index in [0.29, 0.717) is 32.1 Å². The summed E-state index contributed by atoms with van der Waals surface area (Å²) in [5.41, 5.74) is -4.87. The molecule has 0 aromatic carbocycles. The number of alkyl halides is 9. The molecule has 0 spiro atoms. The van der Waals surface area contributed by atoms with Gasteiger partial charge in [-0.05, 0) is 61.7 Å². The molecule has 0 amide bonds. The average Bonchev–Trinajstić information content (AvgIpc) is 3.02. The summed E-state index contributed by atoms with van der Waals surface area (Å²) in [6.45, 7) is 3.67. The summed E-state index contributed by atoms with van der Waals surface area (Å²) < 4.78 is 122. The quantitative estimate of drug-likeness (QED) is 0.341. The van der Waals surface area contributed by atoms with Crippen LogP contribution in [0.2, 0.25) is 0 Å². The molecule has 4 rings (SSSR count). The fourth-order valence-electron chi connectivity index (χ4n) is 7.35. The highest BCUT2D eigenvalue weighted by molar-refractivity contribution is 5.87. The van der Waals surface area contributed by atoms with Crippen LogP contribution in [0.5, 0.6) is 0 Å². The molecule has 0 bridgehead atoms. The Balaban J connectivity index is 1.66. The van der Waals surface area contributed by atoms with Gasteiger partial charge < -0.3 is 5.11 Å². The molecule has 194 valence electrons. The molecule has 0 aromatic rings. The van der Waals surface area contributed by atoms with E-state index in [9.17, 15) is 49.4 Å². The largest absolute Gasteiger partial charge is 0.460 e. The maximum absolute atomic E-state index is 14.7. The van der Waals surface area contributed by atoms with Gasteiger partial charge in [-0.25, -0.2) is 0 Å². The van der Waals surface area contributed by atoms with Crippen molar-refractivity contribution in [3.8, 4) is 0 Å². The highest BCUT2D eigenvalue weighted by atomic mass is 19.4. The van der Waals surface area contributed by atoms with E-state index < -0.39 is 53.2 Å². The van der Waals surface area contributed by atoms with Crippen molar-refractivity contribution in [2.45, 2.75) is 94.8 Å². The van der Waals surface area contributed by atoms with E-state index in [1.165, 1.54) is 6.08 Å². The standard InChI is InChI=1S/C23H27F9O2/c1-17-9-10-19(34,20(24,25)21(26,27)22(28,29)23(30,31)32)11-12(17)3-4-13-14-5-6-16(33)18(14,2)8-7-15(13)17/h3,13-15,34H,4-11H2,1-2H3/t13-,14-,15-,17-,18-,19-/m0/s1. The molecule has 0 unspecified atom stereocenters. The van der Waals surface area contributed by atoms with Crippen molar-refractivity contribution in [1.29, 1.82) is 0 Å². The van der Waals surface area contributed by atoms with E-state index >= 15 is 0 Å². The lowest BCUT2D eigenvalue weighted by Gasteiger charge is -2.58. The van der Waals surface area contributed by atoms with Gasteiger partial charge in [0, 0.05) is 18.3 Å². The van der Waals surface area contributed by atoms with Crippen LogP contribution in [0.15, 0.2) is 11.6 Å². The van der Waals surface area contributed by atoms with Crippen LogP contribution in [0.4, 0.5) is 39.5 Å². The Kier molecular flexibility index (Phi) is 5.43. The first-order chi connectivity index (χ1) is 15.3. The first-order valence-corrected chi connectivity index (χ1v) is 11.4. The zero-order valence-electron chi connectivity index (χ0n) is 18.7. The third kappa shape index (κ3) is 3.03. The van der Waals surface area contributed by atoms with Crippen molar-refractivity contribution in [2.24, 2.45) is 28.6 Å². The zero-order chi connectivity index (χ0) is 25.8. The predicted molar refractivity (Wildman–Crippen MR) is 103 cm³/mol. The number of halogens is 9. The fraction of sp³-hybridized carbons (Fsp3) is 0.870. The van der Waals surface area contributed by atoms with Gasteiger partial charge >= 0.3 is 23.9 Å². The molecule has 0 saturated heterocycles. The second kappa shape index (κ2) is 7.16. The Morgan fingerprint density at radius 1 is 0.853 bits per heavy atom. The van der Waals surface area contributed by atoms with Crippen LogP contribution in [0, 0.1) is 28.6 Å². The molecular formula is C23H27F9O2. The van der Waals surface area contributed by atoms with Gasteiger partial charge in [0.05, 0.1) is 0 Å². The highest BCUT2D eigenvalue weighted by Gasteiger charge is 2.85. The number of fused-ring (bicyclic) bond motifs is 5. The molecule has 11 heteroatoms. The minimum atomic E-state index is -7.03. The van der Waals surface area contributed by atoms with E-state index in [2.05, 4.69) is 0 Å². The Bertz CT molecular complexity index is 911. The van der Waals surface area contributed by atoms with Crippen molar-refractivity contribution in [3.63, 3.8) is 0 Å². The molecule has 3 fully saturated rings. The Labute approximate surface area is 191 Å². The van der Waals surface area contributed by atoms with Crippen molar-refractivity contribution < 1.29 is 49.4 Å². The molecule has 34 heavy (non-hydrogen) atoms. The summed E-state index contributed by atoms with van der Waals surface area (Å²) in [6.07, 6.45) is -5.18. The van der Waals surface area contributed by atoms with E-state index in [4.69, 9.17) is 0 Å². The minimum absolute atomic E-state index is 0.0432. The molecule has 2 nitrogen and oxygen atoms in total. The first-order valence-electron chi connectivity index (χ1n) is 11.4. The Morgan fingerprint density at radius 3 is 2.03 bits per heavy atom. The number of ketones is 1. The normalized spacial score (nSPS) is 41.5. The monoisotopic (exact) mass is 506 g/mol. The highest BCUT2D eigenvalue weighted by Crippen LogP contribution is 2.67. The molecule has 6 atom stereocenters. The molecule has 0 aromatic heterocycles. The lowest BCUT2D eigenvalue weighted by Crippen LogP contribution is -2.69. The van der Waals surface area contributed by atoms with Crippen LogP contribution in [-0.4, -0.2) is 40.4 Å². The van der Waals surface area contributed by atoms with E-state index in [1.807, 2.05) is 6.92 Å². The van der Waals surface area contributed by atoms with Gasteiger partial charge in [0.1, 0.15) is 11.4 Å². The van der Waals surface area contributed by atoms with Gasteiger partial charge in [0.25, 0.3) is 0 Å². The molecule has 3 saturated carbocycles. The number of carbonyl (C=O) groups excluding carboxylic acids is 1.